The Morgan fingerprint density at radius 2 is 1.74 bits per heavy atom. The number of carbonyl (C=O) groups is 3. The summed E-state index contributed by atoms with van der Waals surface area (Å²) in [7, 11) is 1.41. The van der Waals surface area contributed by atoms with E-state index < -0.39 is 24.0 Å². The molecular formula is C32H35N5O5. The Morgan fingerprint density at radius 1 is 1.05 bits per heavy atom. The molecule has 10 nitrogen and oxygen atoms in total. The second kappa shape index (κ2) is 13.1. The van der Waals surface area contributed by atoms with E-state index in [-0.39, 0.29) is 23.8 Å². The zero-order valence-electron chi connectivity index (χ0n) is 24.0. The van der Waals surface area contributed by atoms with Gasteiger partial charge in [0.2, 0.25) is 11.8 Å². The highest BCUT2D eigenvalue weighted by atomic mass is 16.5. The number of carboxylic acid groups (broad SMARTS) is 1. The minimum Gasteiger partial charge on any atom is -0.496 e. The maximum atomic E-state index is 13.7. The summed E-state index contributed by atoms with van der Waals surface area (Å²) in [5, 5.41) is 15.9. The molecule has 0 spiro atoms. The molecule has 2 atom stereocenters. The van der Waals surface area contributed by atoms with Gasteiger partial charge in [0.05, 0.1) is 24.9 Å². The number of H-pyrrole nitrogens is 1. The van der Waals surface area contributed by atoms with Crippen LogP contribution in [0.1, 0.15) is 61.8 Å². The van der Waals surface area contributed by atoms with Gasteiger partial charge in [-0.1, -0.05) is 36.4 Å². The number of imidazole rings is 1. The maximum Gasteiger partial charge on any atom is 0.339 e. The second-order valence-electron chi connectivity index (χ2n) is 10.2. The molecule has 1 heterocycles. The van der Waals surface area contributed by atoms with Crippen LogP contribution in [0.25, 0.3) is 11.3 Å². The molecule has 0 saturated heterocycles. The van der Waals surface area contributed by atoms with Crippen molar-refractivity contribution in [3.63, 3.8) is 0 Å². The first-order chi connectivity index (χ1) is 20.1. The van der Waals surface area contributed by atoms with Crippen LogP contribution in [0.5, 0.6) is 5.75 Å². The number of ether oxygens (including phenoxy) is 1. The lowest BCUT2D eigenvalue weighted by Crippen LogP contribution is -2.46. The Balaban J connectivity index is 1.57. The van der Waals surface area contributed by atoms with Gasteiger partial charge in [0.25, 0.3) is 0 Å². The van der Waals surface area contributed by atoms with E-state index in [1.165, 1.54) is 13.2 Å². The Hall–Kier alpha value is -4.96. The van der Waals surface area contributed by atoms with Crippen molar-refractivity contribution in [2.45, 2.75) is 45.8 Å². The number of benzene rings is 3. The maximum absolute atomic E-state index is 13.7. The minimum atomic E-state index is -1.11. The number of primary amides is 1. The fraction of sp³-hybridized carbons (Fsp3) is 0.250. The highest BCUT2D eigenvalue weighted by Crippen LogP contribution is 2.23. The van der Waals surface area contributed by atoms with Crippen molar-refractivity contribution in [2.24, 2.45) is 5.73 Å². The molecule has 218 valence electrons. The van der Waals surface area contributed by atoms with E-state index in [1.807, 2.05) is 51.1 Å². The summed E-state index contributed by atoms with van der Waals surface area (Å²) in [5.41, 5.74) is 10.9. The van der Waals surface area contributed by atoms with Crippen LogP contribution in [0, 0.1) is 13.8 Å². The number of carbonyl (C=O) groups excluding carboxylic acids is 2. The summed E-state index contributed by atoms with van der Waals surface area (Å²) in [6, 6.07) is 16.9. The van der Waals surface area contributed by atoms with Gasteiger partial charge in [0, 0.05) is 23.9 Å². The van der Waals surface area contributed by atoms with Gasteiger partial charge in [-0.3, -0.25) is 9.59 Å². The molecule has 1 aromatic heterocycles. The van der Waals surface area contributed by atoms with E-state index in [1.54, 1.807) is 30.5 Å². The van der Waals surface area contributed by atoms with E-state index in [9.17, 15) is 19.5 Å². The predicted molar refractivity (Wildman–Crippen MR) is 159 cm³/mol. The van der Waals surface area contributed by atoms with Crippen molar-refractivity contribution < 1.29 is 24.2 Å². The largest absolute Gasteiger partial charge is 0.496 e. The number of nitrogens with zero attached hydrogens (tertiary/aromatic N) is 1. The number of aromatic nitrogens is 2. The summed E-state index contributed by atoms with van der Waals surface area (Å²) >= 11 is 0. The van der Waals surface area contributed by atoms with Crippen LogP contribution < -0.4 is 21.1 Å². The second-order valence-corrected chi connectivity index (χ2v) is 10.2. The van der Waals surface area contributed by atoms with Gasteiger partial charge < -0.3 is 31.2 Å². The SMILES string of the molecule is COc1ccc(CNC(Cc2c(C)cc(C(N)=O)cc2C)C(=O)NC(C)c2nc(-c3ccccc3)c[nH]2)cc1C(=O)O. The first kappa shape index (κ1) is 30.0. The zero-order chi connectivity index (χ0) is 30.4. The highest BCUT2D eigenvalue weighted by Gasteiger charge is 2.24. The van der Waals surface area contributed by atoms with E-state index >= 15 is 0 Å². The summed E-state index contributed by atoms with van der Waals surface area (Å²) < 4.78 is 5.17. The first-order valence-electron chi connectivity index (χ1n) is 13.5. The molecule has 2 unspecified atom stereocenters. The van der Waals surface area contributed by atoms with Crippen molar-refractivity contribution in [2.75, 3.05) is 7.11 Å². The monoisotopic (exact) mass is 569 g/mol. The Kier molecular flexibility index (Phi) is 9.39. The van der Waals surface area contributed by atoms with Crippen LogP contribution in [0.4, 0.5) is 0 Å². The fourth-order valence-corrected chi connectivity index (χ4v) is 4.89. The standard InChI is InChI=1S/C32H35N5O5/c1-18-12-23(29(33)38)13-19(2)24(18)15-26(34-16-21-10-11-28(42-4)25(14-21)32(40)41)31(39)36-20(3)30-35-17-27(37-30)22-8-6-5-7-9-22/h5-14,17,20,26,34H,15-16H2,1-4H3,(H2,33,38)(H,35,37)(H,36,39)(H,40,41). The molecule has 0 saturated carbocycles. The van der Waals surface area contributed by atoms with Crippen molar-refractivity contribution in [1.29, 1.82) is 0 Å². The van der Waals surface area contributed by atoms with Gasteiger partial charge in [-0.15, -0.1) is 0 Å². The summed E-state index contributed by atoms with van der Waals surface area (Å²) in [5.74, 6) is -1.02. The van der Waals surface area contributed by atoms with Crippen LogP contribution in [-0.2, 0) is 17.8 Å². The van der Waals surface area contributed by atoms with Crippen molar-refractivity contribution in [1.82, 2.24) is 20.6 Å². The number of aryl methyl sites for hydroxylation is 2. The predicted octanol–water partition coefficient (Wildman–Crippen LogP) is 4.08. The highest BCUT2D eigenvalue weighted by molar-refractivity contribution is 5.93. The summed E-state index contributed by atoms with van der Waals surface area (Å²) in [6.07, 6.45) is 2.13. The number of methoxy groups -OCH3 is 1. The normalized spacial score (nSPS) is 12.4. The van der Waals surface area contributed by atoms with Crippen LogP contribution >= 0.6 is 0 Å². The van der Waals surface area contributed by atoms with Crippen molar-refractivity contribution in [3.8, 4) is 17.0 Å². The van der Waals surface area contributed by atoms with Gasteiger partial charge in [-0.05, 0) is 73.7 Å². The fourth-order valence-electron chi connectivity index (χ4n) is 4.89. The molecule has 6 N–H and O–H groups in total. The van der Waals surface area contributed by atoms with Crippen LogP contribution in [0.3, 0.4) is 0 Å². The average Bonchev–Trinajstić information content (AvgIpc) is 3.47. The smallest absolute Gasteiger partial charge is 0.339 e. The van der Waals surface area contributed by atoms with Crippen LogP contribution in [-0.4, -0.2) is 46.0 Å². The third kappa shape index (κ3) is 7.02. The van der Waals surface area contributed by atoms with Gasteiger partial charge in [0.1, 0.15) is 17.1 Å². The van der Waals surface area contributed by atoms with Crippen molar-refractivity contribution >= 4 is 17.8 Å². The van der Waals surface area contributed by atoms with E-state index in [4.69, 9.17) is 10.5 Å². The molecule has 0 bridgehead atoms. The number of nitrogens with two attached hydrogens (primary N) is 1. The lowest BCUT2D eigenvalue weighted by atomic mass is 9.93. The third-order valence-electron chi connectivity index (χ3n) is 7.19. The Morgan fingerprint density at radius 3 is 2.36 bits per heavy atom. The number of nitrogens with one attached hydrogen (secondary N) is 3. The molecule has 3 aromatic carbocycles. The van der Waals surface area contributed by atoms with Crippen molar-refractivity contribution in [3.05, 3.63) is 106 Å². The first-order valence-corrected chi connectivity index (χ1v) is 13.5. The molecule has 42 heavy (non-hydrogen) atoms. The van der Waals surface area contributed by atoms with E-state index in [0.29, 0.717) is 23.4 Å². The van der Waals surface area contributed by atoms with Gasteiger partial charge in [-0.25, -0.2) is 9.78 Å². The zero-order valence-corrected chi connectivity index (χ0v) is 24.0. The average molecular weight is 570 g/mol. The Bertz CT molecular complexity index is 1580. The quantitative estimate of drug-likeness (QED) is 0.172. The number of hydrogen-bond acceptors (Lipinski definition) is 6. The number of carboxylic acids is 1. The van der Waals surface area contributed by atoms with Gasteiger partial charge >= 0.3 is 5.97 Å². The number of rotatable bonds is 12. The number of hydrogen-bond donors (Lipinski definition) is 5. The lowest BCUT2D eigenvalue weighted by molar-refractivity contribution is -0.123. The minimum absolute atomic E-state index is 0.0344. The van der Waals surface area contributed by atoms with E-state index in [2.05, 4.69) is 20.6 Å². The summed E-state index contributed by atoms with van der Waals surface area (Å²) in [6.45, 7) is 5.84. The van der Waals surface area contributed by atoms with Crippen LogP contribution in [0.15, 0.2) is 66.9 Å². The molecule has 0 fully saturated rings. The number of aromatic carboxylic acids is 1. The molecule has 10 heteroatoms. The Labute approximate surface area is 244 Å². The molecule has 4 aromatic rings. The van der Waals surface area contributed by atoms with Crippen LogP contribution in [0.2, 0.25) is 0 Å². The number of aromatic amines is 1. The topological polar surface area (TPSA) is 159 Å². The molecule has 4 rings (SSSR count). The number of amides is 2. The third-order valence-corrected chi connectivity index (χ3v) is 7.19. The van der Waals surface area contributed by atoms with Gasteiger partial charge in [0.15, 0.2) is 0 Å². The molecule has 0 aliphatic heterocycles. The lowest BCUT2D eigenvalue weighted by Gasteiger charge is -2.23. The van der Waals surface area contributed by atoms with Gasteiger partial charge in [-0.2, -0.15) is 0 Å². The molecule has 0 aliphatic carbocycles. The summed E-state index contributed by atoms with van der Waals surface area (Å²) in [4.78, 5) is 45.0. The molecule has 0 radical (unpaired) electrons. The molecule has 2 amide bonds. The molecular weight excluding hydrogens is 534 g/mol. The van der Waals surface area contributed by atoms with E-state index in [0.717, 1.165) is 27.9 Å². The molecule has 0 aliphatic rings.